The van der Waals surface area contributed by atoms with Crippen molar-refractivity contribution in [1.82, 2.24) is 15.3 Å². The summed E-state index contributed by atoms with van der Waals surface area (Å²) >= 11 is 1.16. The number of aromatic amines is 1. The van der Waals surface area contributed by atoms with Gasteiger partial charge in [0.15, 0.2) is 0 Å². The molecule has 0 aliphatic carbocycles. The number of thiophene rings is 1. The van der Waals surface area contributed by atoms with Gasteiger partial charge in [-0.2, -0.15) is 0 Å². The molecule has 0 fully saturated rings. The van der Waals surface area contributed by atoms with E-state index in [4.69, 9.17) is 10.8 Å². The molecule has 0 spiro atoms. The molecule has 0 unspecified atom stereocenters. The summed E-state index contributed by atoms with van der Waals surface area (Å²) in [5.74, 6) is -2.98. The van der Waals surface area contributed by atoms with Crippen LogP contribution in [0.2, 0.25) is 0 Å². The quantitative estimate of drug-likeness (QED) is 0.315. The average molecular weight is 459 g/mol. The van der Waals surface area contributed by atoms with Gasteiger partial charge in [-0.15, -0.1) is 11.3 Å². The van der Waals surface area contributed by atoms with E-state index in [-0.39, 0.29) is 24.3 Å². The Morgan fingerprint density at radius 3 is 2.69 bits per heavy atom. The van der Waals surface area contributed by atoms with Crippen molar-refractivity contribution in [3.63, 3.8) is 0 Å². The molecule has 11 nitrogen and oxygen atoms in total. The van der Waals surface area contributed by atoms with Gasteiger partial charge in [-0.05, 0) is 36.2 Å². The molecule has 1 atom stereocenters. The molecule has 12 heteroatoms. The molecule has 2 heterocycles. The Morgan fingerprint density at radius 1 is 1.25 bits per heavy atom. The highest BCUT2D eigenvalue weighted by Crippen LogP contribution is 2.27. The number of nitrogen functional groups attached to an aromatic ring is 1. The van der Waals surface area contributed by atoms with Crippen LogP contribution in [-0.4, -0.2) is 51.1 Å². The highest BCUT2D eigenvalue weighted by Gasteiger charge is 2.22. The molecular weight excluding hydrogens is 438 g/mol. The smallest absolute Gasteiger partial charge is 0.326 e. The van der Waals surface area contributed by atoms with Gasteiger partial charge in [-0.1, -0.05) is 6.07 Å². The van der Waals surface area contributed by atoms with E-state index in [1.165, 1.54) is 0 Å². The first-order chi connectivity index (χ1) is 15.1. The zero-order valence-electron chi connectivity index (χ0n) is 17.0. The molecule has 6 N–H and O–H groups in total. The summed E-state index contributed by atoms with van der Waals surface area (Å²) in [5, 5.41) is 21.4. The van der Waals surface area contributed by atoms with Crippen molar-refractivity contribution < 1.29 is 24.6 Å². The number of fused-ring (bicyclic) bond motifs is 1. The Balaban J connectivity index is 1.70. The number of carboxylic acids is 2. The van der Waals surface area contributed by atoms with E-state index in [1.54, 1.807) is 24.3 Å². The van der Waals surface area contributed by atoms with Gasteiger partial charge >= 0.3 is 11.9 Å². The second-order valence-corrected chi connectivity index (χ2v) is 8.16. The molecule has 2 aromatic heterocycles. The van der Waals surface area contributed by atoms with Crippen molar-refractivity contribution >= 4 is 51.0 Å². The van der Waals surface area contributed by atoms with E-state index in [0.29, 0.717) is 22.3 Å². The first kappa shape index (κ1) is 22.7. The second kappa shape index (κ2) is 9.47. The number of aliphatic carboxylic acids is 2. The zero-order valence-corrected chi connectivity index (χ0v) is 17.8. The van der Waals surface area contributed by atoms with Crippen molar-refractivity contribution in [1.29, 1.82) is 0 Å². The van der Waals surface area contributed by atoms with Gasteiger partial charge in [0, 0.05) is 20.0 Å². The van der Waals surface area contributed by atoms with Gasteiger partial charge in [-0.25, -0.2) is 9.78 Å². The number of amides is 1. The fourth-order valence-corrected chi connectivity index (χ4v) is 3.93. The molecule has 3 rings (SSSR count). The third kappa shape index (κ3) is 5.40. The van der Waals surface area contributed by atoms with Gasteiger partial charge in [0.2, 0.25) is 5.95 Å². The zero-order chi connectivity index (χ0) is 23.4. The summed E-state index contributed by atoms with van der Waals surface area (Å²) in [7, 11) is 1.82. The van der Waals surface area contributed by atoms with Crippen molar-refractivity contribution in [2.45, 2.75) is 25.4 Å². The number of hydrogen-bond donors (Lipinski definition) is 5. The van der Waals surface area contributed by atoms with E-state index >= 15 is 0 Å². The number of nitrogens with two attached hydrogens (primary N) is 1. The minimum Gasteiger partial charge on any atom is -0.481 e. The Kier molecular flexibility index (Phi) is 6.73. The first-order valence-electron chi connectivity index (χ1n) is 9.49. The monoisotopic (exact) mass is 459 g/mol. The maximum Gasteiger partial charge on any atom is 0.326 e. The third-order valence-corrected chi connectivity index (χ3v) is 5.85. The fraction of sp³-hybridized carbons (Fsp3) is 0.250. The van der Waals surface area contributed by atoms with Gasteiger partial charge in [0.05, 0.1) is 20.8 Å². The maximum absolute atomic E-state index is 12.4. The van der Waals surface area contributed by atoms with Crippen LogP contribution < -0.4 is 21.5 Å². The molecular formula is C20H21N5O6S. The minimum absolute atomic E-state index is 0.0462. The van der Waals surface area contributed by atoms with E-state index < -0.39 is 23.9 Å². The van der Waals surface area contributed by atoms with Gasteiger partial charge < -0.3 is 26.2 Å². The number of nitrogens with zero attached hydrogens (tertiary/aromatic N) is 2. The SMILES string of the molecule is CN(Cc1ccc2nc(N)[nH]c(=O)c2c1)c1ccc(C(=O)N[C@@H](CCC(=O)O)C(=O)O)s1. The summed E-state index contributed by atoms with van der Waals surface area (Å²) in [4.78, 5) is 55.2. The normalized spacial score (nSPS) is 11.8. The Morgan fingerprint density at radius 2 is 2.00 bits per heavy atom. The van der Waals surface area contributed by atoms with Gasteiger partial charge in [-0.3, -0.25) is 19.4 Å². The maximum atomic E-state index is 12.4. The lowest BCUT2D eigenvalue weighted by Gasteiger charge is -2.17. The fourth-order valence-electron chi connectivity index (χ4n) is 3.06. The number of H-pyrrole nitrogens is 1. The topological polar surface area (TPSA) is 179 Å². The van der Waals surface area contributed by atoms with Crippen molar-refractivity contribution in [3.8, 4) is 0 Å². The number of carboxylic acid groups (broad SMARTS) is 2. The molecule has 0 radical (unpaired) electrons. The Labute approximate surface area is 185 Å². The van der Waals surface area contributed by atoms with E-state index in [1.807, 2.05) is 18.0 Å². The lowest BCUT2D eigenvalue weighted by molar-refractivity contribution is -0.140. The van der Waals surface area contributed by atoms with Crippen LogP contribution in [0.15, 0.2) is 35.1 Å². The molecule has 1 amide bonds. The number of nitrogens with one attached hydrogen (secondary N) is 2. The first-order valence-corrected chi connectivity index (χ1v) is 10.3. The second-order valence-electron chi connectivity index (χ2n) is 7.09. The molecule has 1 aromatic carbocycles. The van der Waals surface area contributed by atoms with Crippen LogP contribution in [0.4, 0.5) is 10.9 Å². The number of carbonyl (C=O) groups excluding carboxylic acids is 1. The molecule has 168 valence electrons. The highest BCUT2D eigenvalue weighted by atomic mass is 32.1. The molecule has 0 aliphatic rings. The summed E-state index contributed by atoms with van der Waals surface area (Å²) in [6.45, 7) is 0.442. The predicted molar refractivity (Wildman–Crippen MR) is 119 cm³/mol. The van der Waals surface area contributed by atoms with Gasteiger partial charge in [0.25, 0.3) is 11.5 Å². The minimum atomic E-state index is -1.30. The van der Waals surface area contributed by atoms with Crippen LogP contribution in [0.5, 0.6) is 0 Å². The lowest BCUT2D eigenvalue weighted by atomic mass is 10.1. The number of benzene rings is 1. The molecule has 32 heavy (non-hydrogen) atoms. The highest BCUT2D eigenvalue weighted by molar-refractivity contribution is 7.17. The summed E-state index contributed by atoms with van der Waals surface area (Å²) < 4.78 is 0. The van der Waals surface area contributed by atoms with E-state index in [9.17, 15) is 24.3 Å². The number of aromatic nitrogens is 2. The van der Waals surface area contributed by atoms with E-state index in [0.717, 1.165) is 21.9 Å². The van der Waals surface area contributed by atoms with E-state index in [2.05, 4.69) is 15.3 Å². The van der Waals surface area contributed by atoms with Crippen molar-refractivity contribution in [3.05, 3.63) is 51.1 Å². The largest absolute Gasteiger partial charge is 0.481 e. The van der Waals surface area contributed by atoms with Crippen LogP contribution in [0.1, 0.15) is 28.1 Å². The molecule has 0 saturated carbocycles. The predicted octanol–water partition coefficient (Wildman–Crippen LogP) is 1.25. The summed E-state index contributed by atoms with van der Waals surface area (Å²) in [5.41, 5.74) is 6.56. The van der Waals surface area contributed by atoms with Crippen LogP contribution in [0.25, 0.3) is 10.9 Å². The molecule has 3 aromatic rings. The standard InChI is InChI=1S/C20H21N5O6S/c1-25(9-10-2-3-12-11(8-10)17(28)24-20(21)23-12)15-6-5-14(32-15)18(29)22-13(19(30)31)4-7-16(26)27/h2-3,5-6,8,13H,4,7,9H2,1H3,(H,22,29)(H,26,27)(H,30,31)(H3,21,23,24,28)/t13-/m0/s1. The van der Waals surface area contributed by atoms with Crippen LogP contribution >= 0.6 is 11.3 Å². The van der Waals surface area contributed by atoms with Crippen LogP contribution in [0.3, 0.4) is 0 Å². The number of rotatable bonds is 9. The third-order valence-electron chi connectivity index (χ3n) is 4.65. The summed E-state index contributed by atoms with van der Waals surface area (Å²) in [6, 6.07) is 7.26. The van der Waals surface area contributed by atoms with Gasteiger partial charge in [0.1, 0.15) is 6.04 Å². The Hall–Kier alpha value is -3.93. The number of anilines is 2. The van der Waals surface area contributed by atoms with Crippen LogP contribution in [0, 0.1) is 0 Å². The molecule has 0 saturated heterocycles. The summed E-state index contributed by atoms with van der Waals surface area (Å²) in [6.07, 6.45) is -0.581. The molecule has 0 aliphatic heterocycles. The molecule has 0 bridgehead atoms. The van der Waals surface area contributed by atoms with Crippen molar-refractivity contribution in [2.24, 2.45) is 0 Å². The lowest BCUT2D eigenvalue weighted by Crippen LogP contribution is -2.40. The van der Waals surface area contributed by atoms with Crippen LogP contribution in [-0.2, 0) is 16.1 Å². The Bertz CT molecular complexity index is 1240. The van der Waals surface area contributed by atoms with Crippen molar-refractivity contribution in [2.75, 3.05) is 17.7 Å². The number of hydrogen-bond acceptors (Lipinski definition) is 8. The average Bonchev–Trinajstić information content (AvgIpc) is 3.21. The number of carbonyl (C=O) groups is 3.